The number of amides is 4. The second kappa shape index (κ2) is 12.7. The molecule has 0 unspecified atom stereocenters. The average molecular weight is 571 g/mol. The summed E-state index contributed by atoms with van der Waals surface area (Å²) in [5.41, 5.74) is 3.55. The molecular formula is C31H30N4O5S. The summed E-state index contributed by atoms with van der Waals surface area (Å²) in [5.74, 6) is -0.507. The Labute approximate surface area is 242 Å². The Hall–Kier alpha value is -4.57. The molecule has 4 amide bonds. The van der Waals surface area contributed by atoms with E-state index >= 15 is 0 Å². The number of hydrogen-bond acceptors (Lipinski definition) is 7. The number of carbonyl (C=O) groups excluding carboxylic acids is 4. The van der Waals surface area contributed by atoms with Gasteiger partial charge in [-0.15, -0.1) is 0 Å². The number of ether oxygens (including phenoxy) is 1. The summed E-state index contributed by atoms with van der Waals surface area (Å²) in [7, 11) is 0. The summed E-state index contributed by atoms with van der Waals surface area (Å²) < 4.78 is 5.57. The molecule has 0 radical (unpaired) electrons. The molecule has 3 aromatic carbocycles. The third kappa shape index (κ3) is 7.15. The van der Waals surface area contributed by atoms with Crippen molar-refractivity contribution in [2.75, 3.05) is 49.5 Å². The summed E-state index contributed by atoms with van der Waals surface area (Å²) in [6.07, 6.45) is 1.61. The largest absolute Gasteiger partial charge is 0.484 e. The molecule has 10 heteroatoms. The van der Waals surface area contributed by atoms with Crippen molar-refractivity contribution in [1.29, 1.82) is 0 Å². The minimum absolute atomic E-state index is 0.151. The van der Waals surface area contributed by atoms with Gasteiger partial charge in [-0.05, 0) is 72.3 Å². The van der Waals surface area contributed by atoms with Crippen molar-refractivity contribution in [3.05, 3.63) is 94.9 Å². The van der Waals surface area contributed by atoms with Crippen LogP contribution < -0.4 is 15.0 Å². The zero-order valence-corrected chi connectivity index (χ0v) is 23.4. The van der Waals surface area contributed by atoms with Crippen LogP contribution in [0.25, 0.3) is 6.08 Å². The van der Waals surface area contributed by atoms with Gasteiger partial charge in [-0.2, -0.15) is 0 Å². The molecule has 5 rings (SSSR count). The van der Waals surface area contributed by atoms with Gasteiger partial charge in [0.15, 0.2) is 6.61 Å². The lowest BCUT2D eigenvalue weighted by Gasteiger charge is -2.36. The van der Waals surface area contributed by atoms with E-state index in [0.717, 1.165) is 27.9 Å². The normalized spacial score (nSPS) is 16.3. The van der Waals surface area contributed by atoms with Crippen molar-refractivity contribution < 1.29 is 23.9 Å². The van der Waals surface area contributed by atoms with E-state index in [1.54, 1.807) is 35.2 Å². The van der Waals surface area contributed by atoms with Crippen LogP contribution in [0.2, 0.25) is 0 Å². The number of thioether (sulfide) groups is 1. The molecule has 2 aliphatic rings. The summed E-state index contributed by atoms with van der Waals surface area (Å²) in [6, 6.07) is 24.4. The van der Waals surface area contributed by atoms with Gasteiger partial charge in [0.2, 0.25) is 5.91 Å². The Kier molecular flexibility index (Phi) is 8.69. The molecule has 2 heterocycles. The van der Waals surface area contributed by atoms with Gasteiger partial charge >= 0.3 is 0 Å². The van der Waals surface area contributed by atoms with E-state index < -0.39 is 11.1 Å². The molecule has 2 aliphatic heterocycles. The van der Waals surface area contributed by atoms with E-state index in [1.807, 2.05) is 61.5 Å². The number of para-hydroxylation sites is 1. The number of rotatable bonds is 8. The number of benzene rings is 3. The van der Waals surface area contributed by atoms with Crippen molar-refractivity contribution in [3.63, 3.8) is 0 Å². The van der Waals surface area contributed by atoms with Crippen LogP contribution in [-0.4, -0.2) is 72.1 Å². The van der Waals surface area contributed by atoms with Gasteiger partial charge < -0.3 is 19.9 Å². The van der Waals surface area contributed by atoms with Gasteiger partial charge in [-0.1, -0.05) is 42.5 Å². The average Bonchev–Trinajstić information content (AvgIpc) is 3.24. The molecule has 9 nitrogen and oxygen atoms in total. The highest BCUT2D eigenvalue weighted by atomic mass is 32.2. The first kappa shape index (κ1) is 28.0. The smallest absolute Gasteiger partial charge is 0.294 e. The number of nitrogens with one attached hydrogen (secondary N) is 1. The molecular weight excluding hydrogens is 540 g/mol. The first-order valence-corrected chi connectivity index (χ1v) is 14.1. The third-order valence-electron chi connectivity index (χ3n) is 6.77. The van der Waals surface area contributed by atoms with Gasteiger partial charge in [-0.3, -0.25) is 24.1 Å². The highest BCUT2D eigenvalue weighted by molar-refractivity contribution is 8.18. The second-order valence-corrected chi connectivity index (χ2v) is 10.7. The molecule has 0 bridgehead atoms. The third-order valence-corrected chi connectivity index (χ3v) is 7.68. The van der Waals surface area contributed by atoms with Crippen molar-refractivity contribution in [2.24, 2.45) is 0 Å². The summed E-state index contributed by atoms with van der Waals surface area (Å²) in [4.78, 5) is 55.8. The first-order chi connectivity index (χ1) is 19.9. The SMILES string of the molecule is Cc1cccc(NC(=O)COc2ccc(/C=C3/SC(=O)N(CC(=O)N4CCN(c5ccccc5)CC4)C3=O)cc2)c1. The van der Waals surface area contributed by atoms with Crippen LogP contribution in [0.4, 0.5) is 16.2 Å². The standard InChI is InChI=1S/C31H30N4O5S/c1-22-6-5-7-24(18-22)32-28(36)21-40-26-12-10-23(11-13-26)19-27-30(38)35(31(39)41-27)20-29(37)34-16-14-33(15-17-34)25-8-3-2-4-9-25/h2-13,18-19H,14-17,20-21H2,1H3,(H,32,36)/b27-19+. The Morgan fingerprint density at radius 1 is 0.927 bits per heavy atom. The van der Waals surface area contributed by atoms with E-state index in [4.69, 9.17) is 4.74 Å². The Morgan fingerprint density at radius 3 is 2.37 bits per heavy atom. The van der Waals surface area contributed by atoms with Crippen molar-refractivity contribution in [1.82, 2.24) is 9.80 Å². The Morgan fingerprint density at radius 2 is 1.66 bits per heavy atom. The Bertz CT molecular complexity index is 1470. The zero-order chi connectivity index (χ0) is 28.8. The van der Waals surface area contributed by atoms with Crippen molar-refractivity contribution in [3.8, 4) is 5.75 Å². The number of aryl methyl sites for hydroxylation is 1. The van der Waals surface area contributed by atoms with Crippen LogP contribution in [0.5, 0.6) is 5.75 Å². The van der Waals surface area contributed by atoms with Gasteiger partial charge in [0.05, 0.1) is 4.91 Å². The van der Waals surface area contributed by atoms with Crippen LogP contribution in [0, 0.1) is 6.92 Å². The van der Waals surface area contributed by atoms with Gasteiger partial charge in [-0.25, -0.2) is 0 Å². The van der Waals surface area contributed by atoms with Crippen molar-refractivity contribution >= 4 is 52.2 Å². The summed E-state index contributed by atoms with van der Waals surface area (Å²) in [6.45, 7) is 3.96. The van der Waals surface area contributed by atoms with E-state index in [0.29, 0.717) is 43.2 Å². The number of carbonyl (C=O) groups is 4. The van der Waals surface area contributed by atoms with Gasteiger partial charge in [0.1, 0.15) is 12.3 Å². The maximum atomic E-state index is 13.0. The number of piperazine rings is 1. The minimum atomic E-state index is -0.482. The van der Waals surface area contributed by atoms with Gasteiger partial charge in [0, 0.05) is 37.6 Å². The van der Waals surface area contributed by atoms with Crippen molar-refractivity contribution in [2.45, 2.75) is 6.92 Å². The molecule has 41 heavy (non-hydrogen) atoms. The maximum Gasteiger partial charge on any atom is 0.294 e. The zero-order valence-electron chi connectivity index (χ0n) is 22.6. The fourth-order valence-electron chi connectivity index (χ4n) is 4.60. The molecule has 1 N–H and O–H groups in total. The molecule has 0 aromatic heterocycles. The maximum absolute atomic E-state index is 13.0. The minimum Gasteiger partial charge on any atom is -0.484 e. The molecule has 0 spiro atoms. The van der Waals surface area contributed by atoms with Crippen LogP contribution >= 0.6 is 11.8 Å². The number of nitrogens with zero attached hydrogens (tertiary/aromatic N) is 3. The monoisotopic (exact) mass is 570 g/mol. The Balaban J connectivity index is 1.11. The number of hydrogen-bond donors (Lipinski definition) is 1. The van der Waals surface area contributed by atoms with E-state index in [9.17, 15) is 19.2 Å². The molecule has 210 valence electrons. The molecule has 2 fully saturated rings. The van der Waals surface area contributed by atoms with E-state index in [-0.39, 0.29) is 29.9 Å². The molecule has 0 aliphatic carbocycles. The molecule has 0 saturated carbocycles. The molecule has 2 saturated heterocycles. The highest BCUT2D eigenvalue weighted by Crippen LogP contribution is 2.32. The highest BCUT2D eigenvalue weighted by Gasteiger charge is 2.37. The quantitative estimate of drug-likeness (QED) is 0.401. The van der Waals surface area contributed by atoms with Crippen LogP contribution in [0.15, 0.2) is 83.8 Å². The molecule has 0 atom stereocenters. The number of imide groups is 1. The fourth-order valence-corrected chi connectivity index (χ4v) is 5.44. The lowest BCUT2D eigenvalue weighted by Crippen LogP contribution is -2.51. The summed E-state index contributed by atoms with van der Waals surface area (Å²) in [5, 5.41) is 2.33. The van der Waals surface area contributed by atoms with Crippen LogP contribution in [-0.2, 0) is 14.4 Å². The molecule has 3 aromatic rings. The van der Waals surface area contributed by atoms with E-state index in [1.165, 1.54) is 0 Å². The van der Waals surface area contributed by atoms with Crippen LogP contribution in [0.1, 0.15) is 11.1 Å². The van der Waals surface area contributed by atoms with Gasteiger partial charge in [0.25, 0.3) is 17.1 Å². The topological polar surface area (TPSA) is 99.3 Å². The lowest BCUT2D eigenvalue weighted by atomic mass is 10.2. The predicted octanol–water partition coefficient (Wildman–Crippen LogP) is 4.40. The fraction of sp³-hybridized carbons (Fsp3) is 0.226. The van der Waals surface area contributed by atoms with E-state index in [2.05, 4.69) is 10.2 Å². The predicted molar refractivity (Wildman–Crippen MR) is 160 cm³/mol. The first-order valence-electron chi connectivity index (χ1n) is 13.3. The lowest BCUT2D eigenvalue weighted by molar-refractivity contribution is -0.136. The number of anilines is 2. The second-order valence-electron chi connectivity index (χ2n) is 9.75. The van der Waals surface area contributed by atoms with Crippen LogP contribution in [0.3, 0.4) is 0 Å². The summed E-state index contributed by atoms with van der Waals surface area (Å²) >= 11 is 0.819.